The van der Waals surface area contributed by atoms with Crippen LogP contribution in [0.1, 0.15) is 24.1 Å². The number of fused-ring (bicyclic) bond motifs is 1. The maximum absolute atomic E-state index is 12.9. The molecule has 1 N–H and O–H groups in total. The highest BCUT2D eigenvalue weighted by atomic mass is 32.1. The number of halogens is 3. The SMILES string of the molecule is O=C(O)C(F)(F)F.O=C([C@H]1CN(Cc2cccs2)C[C@H]2OCC[C@@H]12)N1CCCC1. The topological polar surface area (TPSA) is 70.1 Å². The van der Waals surface area contributed by atoms with Crippen LogP contribution >= 0.6 is 11.3 Å². The molecular weight excluding hydrogens is 409 g/mol. The number of alkyl halides is 3. The molecule has 1 aromatic rings. The van der Waals surface area contributed by atoms with Crippen molar-refractivity contribution in [3.63, 3.8) is 0 Å². The van der Waals surface area contributed by atoms with E-state index in [4.69, 9.17) is 14.6 Å². The first-order valence-corrected chi connectivity index (χ1v) is 10.6. The lowest BCUT2D eigenvalue weighted by Crippen LogP contribution is -2.52. The zero-order chi connectivity index (χ0) is 21.0. The fourth-order valence-electron chi connectivity index (χ4n) is 4.24. The predicted octanol–water partition coefficient (Wildman–Crippen LogP) is 2.84. The van der Waals surface area contributed by atoms with Crippen molar-refractivity contribution in [3.05, 3.63) is 22.4 Å². The molecule has 10 heteroatoms. The van der Waals surface area contributed by atoms with E-state index < -0.39 is 12.1 Å². The van der Waals surface area contributed by atoms with Gasteiger partial charge in [-0.05, 0) is 30.7 Å². The molecule has 0 aromatic carbocycles. The van der Waals surface area contributed by atoms with E-state index in [1.165, 1.54) is 17.7 Å². The lowest BCUT2D eigenvalue weighted by atomic mass is 9.82. The van der Waals surface area contributed by atoms with Gasteiger partial charge in [-0.2, -0.15) is 13.2 Å². The summed E-state index contributed by atoms with van der Waals surface area (Å²) in [6.45, 7) is 5.57. The monoisotopic (exact) mass is 434 g/mol. The molecule has 1 aromatic heterocycles. The molecule has 0 bridgehead atoms. The highest BCUT2D eigenvalue weighted by Gasteiger charge is 2.45. The molecule has 3 atom stereocenters. The van der Waals surface area contributed by atoms with Crippen LogP contribution in [0, 0.1) is 11.8 Å². The van der Waals surface area contributed by atoms with Gasteiger partial charge in [-0.1, -0.05) is 6.07 Å². The lowest BCUT2D eigenvalue weighted by Gasteiger charge is -2.40. The van der Waals surface area contributed by atoms with Crippen molar-refractivity contribution in [2.45, 2.75) is 38.1 Å². The number of thiophene rings is 1. The largest absolute Gasteiger partial charge is 0.490 e. The van der Waals surface area contributed by atoms with Gasteiger partial charge in [-0.25, -0.2) is 4.79 Å². The number of rotatable bonds is 3. The van der Waals surface area contributed by atoms with E-state index >= 15 is 0 Å². The van der Waals surface area contributed by atoms with Crippen LogP contribution in [0.5, 0.6) is 0 Å². The Bertz CT molecular complexity index is 692. The van der Waals surface area contributed by atoms with Crippen LogP contribution in [0.3, 0.4) is 0 Å². The number of likely N-dealkylation sites (tertiary alicyclic amines) is 2. The van der Waals surface area contributed by atoms with Gasteiger partial charge in [0.25, 0.3) is 0 Å². The van der Waals surface area contributed by atoms with Gasteiger partial charge >= 0.3 is 12.1 Å². The Balaban J connectivity index is 0.000000298. The number of hydrogen-bond acceptors (Lipinski definition) is 5. The Hall–Kier alpha value is -1.65. The second kappa shape index (κ2) is 9.44. The maximum atomic E-state index is 12.9. The summed E-state index contributed by atoms with van der Waals surface area (Å²) in [5.41, 5.74) is 0. The smallest absolute Gasteiger partial charge is 0.475 e. The molecule has 3 aliphatic heterocycles. The normalized spacial score (nSPS) is 27.3. The number of nitrogens with zero attached hydrogens (tertiary/aromatic N) is 2. The molecule has 3 saturated heterocycles. The maximum Gasteiger partial charge on any atom is 0.490 e. The van der Waals surface area contributed by atoms with Crippen molar-refractivity contribution in [2.75, 3.05) is 32.8 Å². The summed E-state index contributed by atoms with van der Waals surface area (Å²) < 4.78 is 37.7. The number of carbonyl (C=O) groups excluding carboxylic acids is 1. The van der Waals surface area contributed by atoms with Crippen molar-refractivity contribution in [1.29, 1.82) is 0 Å². The number of carboxylic acid groups (broad SMARTS) is 1. The van der Waals surface area contributed by atoms with Gasteiger partial charge in [0.05, 0.1) is 12.0 Å². The minimum Gasteiger partial charge on any atom is -0.475 e. The molecule has 3 aliphatic rings. The van der Waals surface area contributed by atoms with Crippen LogP contribution in [-0.4, -0.2) is 71.8 Å². The Morgan fingerprint density at radius 2 is 1.93 bits per heavy atom. The standard InChI is InChI=1S/C17H24N2O2S.C2HF3O2/c20-17(19-6-1-2-7-19)15-11-18(10-13-4-3-9-22-13)12-16-14(15)5-8-21-16;3-2(4,5)1(6)7/h3-4,9,14-16H,1-2,5-8,10-12H2;(H,6,7)/t14-,15-,16+;/m0./s1. The third-order valence-corrected chi connectivity index (χ3v) is 6.47. The van der Waals surface area contributed by atoms with Gasteiger partial charge in [0.1, 0.15) is 0 Å². The van der Waals surface area contributed by atoms with Gasteiger partial charge in [-0.15, -0.1) is 11.3 Å². The summed E-state index contributed by atoms with van der Waals surface area (Å²) in [6.07, 6.45) is -1.43. The summed E-state index contributed by atoms with van der Waals surface area (Å²) in [4.78, 5) is 27.7. The Kier molecular flexibility index (Phi) is 7.18. The van der Waals surface area contributed by atoms with Crippen molar-refractivity contribution in [3.8, 4) is 0 Å². The first-order chi connectivity index (χ1) is 13.8. The number of piperidine rings is 1. The number of carbonyl (C=O) groups is 2. The summed E-state index contributed by atoms with van der Waals surface area (Å²) in [5, 5.41) is 9.25. The fourth-order valence-corrected chi connectivity index (χ4v) is 4.99. The Morgan fingerprint density at radius 3 is 2.52 bits per heavy atom. The van der Waals surface area contributed by atoms with Crippen molar-refractivity contribution < 1.29 is 32.6 Å². The Morgan fingerprint density at radius 1 is 1.24 bits per heavy atom. The molecule has 1 amide bonds. The lowest BCUT2D eigenvalue weighted by molar-refractivity contribution is -0.192. The third-order valence-electron chi connectivity index (χ3n) is 5.61. The van der Waals surface area contributed by atoms with E-state index in [0.717, 1.165) is 45.8 Å². The average molecular weight is 434 g/mol. The van der Waals surface area contributed by atoms with Gasteiger partial charge in [0.15, 0.2) is 0 Å². The van der Waals surface area contributed by atoms with E-state index in [2.05, 4.69) is 27.3 Å². The van der Waals surface area contributed by atoms with Crippen LogP contribution < -0.4 is 0 Å². The molecular formula is C19H25F3N2O4S. The predicted molar refractivity (Wildman–Crippen MR) is 100 cm³/mol. The highest BCUT2D eigenvalue weighted by Crippen LogP contribution is 2.36. The molecule has 4 rings (SSSR count). The third kappa shape index (κ3) is 5.70. The molecule has 6 nitrogen and oxygen atoms in total. The number of amides is 1. The number of ether oxygens (including phenoxy) is 1. The summed E-state index contributed by atoms with van der Waals surface area (Å²) in [7, 11) is 0. The molecule has 0 spiro atoms. The molecule has 0 radical (unpaired) electrons. The van der Waals surface area contributed by atoms with Gasteiger partial charge < -0.3 is 14.7 Å². The van der Waals surface area contributed by atoms with E-state index in [1.54, 1.807) is 11.3 Å². The van der Waals surface area contributed by atoms with E-state index in [1.807, 2.05) is 0 Å². The second-order valence-electron chi connectivity index (χ2n) is 7.58. The molecule has 0 aliphatic carbocycles. The molecule has 0 unspecified atom stereocenters. The average Bonchev–Trinajstić information content (AvgIpc) is 3.42. The van der Waals surface area contributed by atoms with E-state index in [-0.39, 0.29) is 12.0 Å². The molecule has 162 valence electrons. The van der Waals surface area contributed by atoms with E-state index in [0.29, 0.717) is 11.8 Å². The summed E-state index contributed by atoms with van der Waals surface area (Å²) >= 11 is 1.80. The second-order valence-corrected chi connectivity index (χ2v) is 8.61. The molecule has 0 saturated carbocycles. The van der Waals surface area contributed by atoms with Crippen LogP contribution in [0.4, 0.5) is 13.2 Å². The molecule has 29 heavy (non-hydrogen) atoms. The first-order valence-electron chi connectivity index (χ1n) is 9.71. The summed E-state index contributed by atoms with van der Waals surface area (Å²) in [6, 6.07) is 4.29. The van der Waals surface area contributed by atoms with Crippen LogP contribution in [-0.2, 0) is 20.9 Å². The Labute approximate surface area is 171 Å². The number of carboxylic acids is 1. The quantitative estimate of drug-likeness (QED) is 0.792. The fraction of sp³-hybridized carbons (Fsp3) is 0.684. The molecule has 4 heterocycles. The van der Waals surface area contributed by atoms with Gasteiger partial charge in [-0.3, -0.25) is 9.69 Å². The number of hydrogen-bond donors (Lipinski definition) is 1. The minimum atomic E-state index is -5.08. The zero-order valence-electron chi connectivity index (χ0n) is 15.9. The zero-order valence-corrected chi connectivity index (χ0v) is 16.8. The number of aliphatic carboxylic acids is 1. The van der Waals surface area contributed by atoms with Crippen LogP contribution in [0.2, 0.25) is 0 Å². The van der Waals surface area contributed by atoms with Crippen molar-refractivity contribution in [1.82, 2.24) is 9.80 Å². The first kappa shape index (κ1) is 22.0. The van der Waals surface area contributed by atoms with Gasteiger partial charge in [0, 0.05) is 50.1 Å². The van der Waals surface area contributed by atoms with Crippen LogP contribution in [0.15, 0.2) is 17.5 Å². The van der Waals surface area contributed by atoms with Crippen LogP contribution in [0.25, 0.3) is 0 Å². The summed E-state index contributed by atoms with van der Waals surface area (Å²) in [5.74, 6) is -1.80. The van der Waals surface area contributed by atoms with E-state index in [9.17, 15) is 18.0 Å². The van der Waals surface area contributed by atoms with Gasteiger partial charge in [0.2, 0.25) is 5.91 Å². The van der Waals surface area contributed by atoms with Crippen molar-refractivity contribution >= 4 is 23.2 Å². The highest BCUT2D eigenvalue weighted by molar-refractivity contribution is 7.09. The van der Waals surface area contributed by atoms with Crippen molar-refractivity contribution in [2.24, 2.45) is 11.8 Å². The molecule has 3 fully saturated rings. The minimum absolute atomic E-state index is 0.138.